The van der Waals surface area contributed by atoms with Gasteiger partial charge in [0.25, 0.3) is 0 Å². The maximum absolute atomic E-state index is 12.5. The van der Waals surface area contributed by atoms with Crippen molar-refractivity contribution in [1.29, 1.82) is 0 Å². The van der Waals surface area contributed by atoms with E-state index in [1.807, 2.05) is 0 Å². The molecule has 0 bridgehead atoms. The Labute approximate surface area is 136 Å². The predicted octanol–water partition coefficient (Wildman–Crippen LogP) is 0.611. The van der Waals surface area contributed by atoms with Crippen molar-refractivity contribution in [2.45, 2.75) is 24.3 Å². The zero-order valence-corrected chi connectivity index (χ0v) is 14.1. The van der Waals surface area contributed by atoms with Crippen LogP contribution in [-0.2, 0) is 19.6 Å². The number of morpholine rings is 1. The van der Waals surface area contributed by atoms with Crippen LogP contribution >= 0.6 is 0 Å². The Hall–Kier alpha value is -1.64. The number of sulfonamides is 1. The van der Waals surface area contributed by atoms with Crippen LogP contribution in [0.2, 0.25) is 0 Å². The Morgan fingerprint density at radius 1 is 1.30 bits per heavy atom. The highest BCUT2D eigenvalue weighted by atomic mass is 32.2. The van der Waals surface area contributed by atoms with Crippen LogP contribution in [0.5, 0.6) is 5.75 Å². The molecule has 1 unspecified atom stereocenters. The van der Waals surface area contributed by atoms with Crippen LogP contribution < -0.4 is 9.46 Å². The minimum atomic E-state index is -3.76. The fourth-order valence-corrected chi connectivity index (χ4v) is 3.60. The minimum Gasteiger partial charge on any atom is -0.497 e. The van der Waals surface area contributed by atoms with Crippen LogP contribution in [0.1, 0.15) is 13.3 Å². The number of nitrogens with zero attached hydrogens (tertiary/aromatic N) is 1. The molecule has 0 spiro atoms. The topological polar surface area (TPSA) is 84.9 Å². The lowest BCUT2D eigenvalue weighted by Gasteiger charge is -2.30. The van der Waals surface area contributed by atoms with Crippen LogP contribution in [0.4, 0.5) is 0 Å². The van der Waals surface area contributed by atoms with Crippen molar-refractivity contribution in [1.82, 2.24) is 9.62 Å². The number of amides is 1. The molecule has 2 rings (SSSR count). The average Bonchev–Trinajstić information content (AvgIpc) is 2.60. The van der Waals surface area contributed by atoms with Gasteiger partial charge in [-0.1, -0.05) is 6.92 Å². The van der Waals surface area contributed by atoms with E-state index in [2.05, 4.69) is 4.72 Å². The van der Waals surface area contributed by atoms with Crippen LogP contribution in [0.25, 0.3) is 0 Å². The molecule has 0 aliphatic carbocycles. The quantitative estimate of drug-likeness (QED) is 0.819. The molecule has 7 nitrogen and oxygen atoms in total. The van der Waals surface area contributed by atoms with Gasteiger partial charge in [-0.05, 0) is 30.7 Å². The summed E-state index contributed by atoms with van der Waals surface area (Å²) in [5.74, 6) is 0.355. The van der Waals surface area contributed by atoms with Crippen LogP contribution in [0.3, 0.4) is 0 Å². The fraction of sp³-hybridized carbons (Fsp3) is 0.533. The van der Waals surface area contributed by atoms with Gasteiger partial charge in [-0.15, -0.1) is 0 Å². The summed E-state index contributed by atoms with van der Waals surface area (Å²) in [5, 5.41) is 0. The maximum Gasteiger partial charge on any atom is 0.241 e. The maximum atomic E-state index is 12.5. The van der Waals surface area contributed by atoms with Gasteiger partial charge >= 0.3 is 0 Å². The van der Waals surface area contributed by atoms with Crippen molar-refractivity contribution in [3.8, 4) is 5.75 Å². The van der Waals surface area contributed by atoms with Crippen molar-refractivity contribution in [3.05, 3.63) is 24.3 Å². The van der Waals surface area contributed by atoms with E-state index < -0.39 is 16.1 Å². The molecule has 128 valence electrons. The number of rotatable bonds is 6. The lowest BCUT2D eigenvalue weighted by atomic mass is 10.2. The third-order valence-corrected chi connectivity index (χ3v) is 5.18. The van der Waals surface area contributed by atoms with Gasteiger partial charge in [-0.3, -0.25) is 4.79 Å². The summed E-state index contributed by atoms with van der Waals surface area (Å²) in [6.07, 6.45) is 0.381. The Morgan fingerprint density at radius 2 is 1.91 bits per heavy atom. The summed E-state index contributed by atoms with van der Waals surface area (Å²) >= 11 is 0. The largest absolute Gasteiger partial charge is 0.497 e. The van der Waals surface area contributed by atoms with Crippen LogP contribution in [0.15, 0.2) is 29.2 Å². The molecular weight excluding hydrogens is 320 g/mol. The highest BCUT2D eigenvalue weighted by molar-refractivity contribution is 7.89. The zero-order valence-electron chi connectivity index (χ0n) is 13.3. The van der Waals surface area contributed by atoms with E-state index in [4.69, 9.17) is 9.47 Å². The van der Waals surface area contributed by atoms with E-state index in [-0.39, 0.29) is 10.8 Å². The molecule has 1 atom stereocenters. The lowest BCUT2D eigenvalue weighted by molar-refractivity contribution is -0.137. The van der Waals surface area contributed by atoms with Crippen molar-refractivity contribution in [2.24, 2.45) is 0 Å². The Bertz CT molecular complexity index is 624. The van der Waals surface area contributed by atoms with Gasteiger partial charge < -0.3 is 14.4 Å². The molecule has 1 aliphatic rings. The Morgan fingerprint density at radius 3 is 2.43 bits per heavy atom. The molecule has 1 aromatic rings. The summed E-state index contributed by atoms with van der Waals surface area (Å²) < 4.78 is 37.6. The first-order valence-electron chi connectivity index (χ1n) is 7.51. The number of hydrogen-bond acceptors (Lipinski definition) is 5. The molecule has 23 heavy (non-hydrogen) atoms. The molecule has 0 aromatic heterocycles. The predicted molar refractivity (Wildman–Crippen MR) is 84.8 cm³/mol. The fourth-order valence-electron chi connectivity index (χ4n) is 2.32. The molecule has 1 aliphatic heterocycles. The van der Waals surface area contributed by atoms with Crippen molar-refractivity contribution in [3.63, 3.8) is 0 Å². The summed E-state index contributed by atoms with van der Waals surface area (Å²) in [6.45, 7) is 3.71. The third-order valence-electron chi connectivity index (χ3n) is 3.70. The van der Waals surface area contributed by atoms with Crippen molar-refractivity contribution in [2.75, 3.05) is 33.4 Å². The second-order valence-corrected chi connectivity index (χ2v) is 6.91. The van der Waals surface area contributed by atoms with Gasteiger partial charge in [0, 0.05) is 13.1 Å². The van der Waals surface area contributed by atoms with E-state index in [1.165, 1.54) is 19.2 Å². The van der Waals surface area contributed by atoms with Gasteiger partial charge in [-0.25, -0.2) is 8.42 Å². The van der Waals surface area contributed by atoms with E-state index >= 15 is 0 Å². The molecule has 1 aromatic carbocycles. The molecular formula is C15H22N2O5S. The monoisotopic (exact) mass is 342 g/mol. The molecule has 1 N–H and O–H groups in total. The molecule has 8 heteroatoms. The standard InChI is InChI=1S/C15H22N2O5S/c1-3-14(15(18)17-8-10-22-11-9-17)16-23(19,20)13-6-4-12(21-2)5-7-13/h4-7,14,16H,3,8-11H2,1-2H3. The van der Waals surface area contributed by atoms with Crippen LogP contribution in [-0.4, -0.2) is 58.7 Å². The van der Waals surface area contributed by atoms with E-state index in [0.717, 1.165) is 0 Å². The van der Waals surface area contributed by atoms with Gasteiger partial charge in [0.1, 0.15) is 11.8 Å². The summed E-state index contributed by atoms with van der Waals surface area (Å²) in [6, 6.07) is 5.26. The summed E-state index contributed by atoms with van der Waals surface area (Å²) in [4.78, 5) is 14.2. The minimum absolute atomic E-state index is 0.103. The highest BCUT2D eigenvalue weighted by Gasteiger charge is 2.28. The first-order chi connectivity index (χ1) is 11.0. The molecule has 0 radical (unpaired) electrons. The number of carbonyl (C=O) groups excluding carboxylic acids is 1. The van der Waals surface area contributed by atoms with E-state index in [9.17, 15) is 13.2 Å². The van der Waals surface area contributed by atoms with Crippen molar-refractivity contribution < 1.29 is 22.7 Å². The third kappa shape index (κ3) is 4.43. The van der Waals surface area contributed by atoms with E-state index in [1.54, 1.807) is 24.0 Å². The first kappa shape index (κ1) is 17.7. The normalized spacial score (nSPS) is 16.9. The summed E-state index contributed by atoms with van der Waals surface area (Å²) in [7, 11) is -2.25. The number of benzene rings is 1. The lowest BCUT2D eigenvalue weighted by Crippen LogP contribution is -2.51. The van der Waals surface area contributed by atoms with Crippen molar-refractivity contribution >= 4 is 15.9 Å². The zero-order chi connectivity index (χ0) is 16.9. The SMILES string of the molecule is CCC(NS(=O)(=O)c1ccc(OC)cc1)C(=O)N1CCOCC1. The van der Waals surface area contributed by atoms with Gasteiger partial charge in [0.05, 0.1) is 25.2 Å². The van der Waals surface area contributed by atoms with E-state index in [0.29, 0.717) is 38.5 Å². The highest BCUT2D eigenvalue weighted by Crippen LogP contribution is 2.16. The average molecular weight is 342 g/mol. The Kier molecular flexibility index (Phi) is 5.97. The van der Waals surface area contributed by atoms with Crippen LogP contribution in [0, 0.1) is 0 Å². The second-order valence-electron chi connectivity index (χ2n) is 5.20. The molecule has 1 saturated heterocycles. The Balaban J connectivity index is 2.10. The number of nitrogens with one attached hydrogen (secondary N) is 1. The van der Waals surface area contributed by atoms with Gasteiger partial charge in [0.2, 0.25) is 15.9 Å². The number of hydrogen-bond donors (Lipinski definition) is 1. The second kappa shape index (κ2) is 7.76. The van der Waals surface area contributed by atoms with Gasteiger partial charge in [0.15, 0.2) is 0 Å². The van der Waals surface area contributed by atoms with Gasteiger partial charge in [-0.2, -0.15) is 4.72 Å². The molecule has 1 fully saturated rings. The molecule has 0 saturated carbocycles. The number of carbonyl (C=O) groups is 1. The number of methoxy groups -OCH3 is 1. The molecule has 1 heterocycles. The summed E-state index contributed by atoms with van der Waals surface area (Å²) in [5.41, 5.74) is 0. The first-order valence-corrected chi connectivity index (χ1v) is 8.99. The number of ether oxygens (including phenoxy) is 2. The smallest absolute Gasteiger partial charge is 0.241 e. The molecule has 1 amide bonds.